The van der Waals surface area contributed by atoms with Crippen molar-refractivity contribution in [3.8, 4) is 11.3 Å². The second-order valence-corrected chi connectivity index (χ2v) is 6.12. The van der Waals surface area contributed by atoms with Crippen LogP contribution >= 0.6 is 0 Å². The minimum Gasteiger partial charge on any atom is -0.352 e. The first-order valence-electron chi connectivity index (χ1n) is 8.43. The predicted octanol–water partition coefficient (Wildman–Crippen LogP) is 3.11. The minimum atomic E-state index is 0.825. The van der Waals surface area contributed by atoms with Crippen molar-refractivity contribution < 1.29 is 0 Å². The first-order chi connectivity index (χ1) is 12.2. The van der Waals surface area contributed by atoms with Crippen LogP contribution in [0, 0.1) is 5.41 Å². The molecule has 25 heavy (non-hydrogen) atoms. The number of anilines is 1. The normalized spacial score (nSPS) is 15.9. The molecule has 0 radical (unpaired) electrons. The van der Waals surface area contributed by atoms with Gasteiger partial charge in [0.1, 0.15) is 0 Å². The summed E-state index contributed by atoms with van der Waals surface area (Å²) in [5, 5.41) is 16.4. The lowest BCUT2D eigenvalue weighted by atomic mass is 10.0. The van der Waals surface area contributed by atoms with E-state index in [2.05, 4.69) is 33.6 Å². The predicted molar refractivity (Wildman–Crippen MR) is 104 cm³/mol. The molecule has 0 bridgehead atoms. The maximum Gasteiger partial charge on any atom is 0.159 e. The van der Waals surface area contributed by atoms with Crippen LogP contribution < -0.4 is 4.90 Å². The molecule has 0 aliphatic carbocycles. The third kappa shape index (κ3) is 3.83. The van der Waals surface area contributed by atoms with E-state index >= 15 is 0 Å². The number of hydrogen-bond donors (Lipinski definition) is 1. The van der Waals surface area contributed by atoms with E-state index in [0.29, 0.717) is 0 Å². The van der Waals surface area contributed by atoms with Crippen LogP contribution in [0.4, 0.5) is 5.82 Å². The molecule has 0 saturated carbocycles. The van der Waals surface area contributed by atoms with Crippen LogP contribution in [0.1, 0.15) is 5.56 Å². The molecular formula is C20H23N5. The fraction of sp³-hybridized carbons (Fsp3) is 0.250. The van der Waals surface area contributed by atoms with Gasteiger partial charge in [0.25, 0.3) is 0 Å². The number of rotatable bonds is 5. The van der Waals surface area contributed by atoms with E-state index in [1.165, 1.54) is 6.21 Å². The lowest BCUT2D eigenvalue weighted by molar-refractivity contribution is 0.311. The Balaban J connectivity index is 2.06. The van der Waals surface area contributed by atoms with Crippen molar-refractivity contribution in [1.82, 2.24) is 15.1 Å². The summed E-state index contributed by atoms with van der Waals surface area (Å²) < 4.78 is 0. The van der Waals surface area contributed by atoms with Crippen LogP contribution in [0.2, 0.25) is 0 Å². The van der Waals surface area contributed by atoms with Crippen molar-refractivity contribution in [1.29, 1.82) is 5.41 Å². The van der Waals surface area contributed by atoms with Crippen molar-refractivity contribution in [2.45, 2.75) is 0 Å². The molecule has 0 unspecified atom stereocenters. The summed E-state index contributed by atoms with van der Waals surface area (Å²) >= 11 is 0. The number of piperazine rings is 1. The largest absolute Gasteiger partial charge is 0.352 e. The van der Waals surface area contributed by atoms with Crippen LogP contribution in [-0.4, -0.2) is 54.5 Å². The molecule has 1 saturated heterocycles. The van der Waals surface area contributed by atoms with Crippen LogP contribution in [0.5, 0.6) is 0 Å². The summed E-state index contributed by atoms with van der Waals surface area (Å²) in [6.45, 7) is 7.74. The third-order valence-corrected chi connectivity index (χ3v) is 4.44. The molecule has 1 aliphatic rings. The van der Waals surface area contributed by atoms with Crippen molar-refractivity contribution in [3.63, 3.8) is 0 Å². The number of nitrogens with zero attached hydrogens (tertiary/aromatic N) is 4. The molecule has 128 valence electrons. The van der Waals surface area contributed by atoms with Gasteiger partial charge < -0.3 is 15.2 Å². The molecule has 1 fully saturated rings. The highest BCUT2D eigenvalue weighted by Gasteiger charge is 2.20. The summed E-state index contributed by atoms with van der Waals surface area (Å²) in [7, 11) is 2.13. The Morgan fingerprint density at radius 1 is 1.12 bits per heavy atom. The van der Waals surface area contributed by atoms with Gasteiger partial charge in [-0.2, -0.15) is 0 Å². The molecule has 2 heterocycles. The van der Waals surface area contributed by atoms with E-state index in [1.807, 2.05) is 36.4 Å². The first kappa shape index (κ1) is 17.0. The van der Waals surface area contributed by atoms with Gasteiger partial charge in [-0.1, -0.05) is 43.0 Å². The zero-order chi connectivity index (χ0) is 17.6. The lowest BCUT2D eigenvalue weighted by Crippen LogP contribution is -2.45. The van der Waals surface area contributed by atoms with Crippen LogP contribution in [0.3, 0.4) is 0 Å². The molecule has 1 N–H and O–H groups in total. The third-order valence-electron chi connectivity index (χ3n) is 4.44. The zero-order valence-corrected chi connectivity index (χ0v) is 14.5. The van der Waals surface area contributed by atoms with Crippen molar-refractivity contribution >= 4 is 17.6 Å². The molecule has 1 aromatic heterocycles. The van der Waals surface area contributed by atoms with Gasteiger partial charge in [0.15, 0.2) is 5.82 Å². The maximum atomic E-state index is 7.44. The van der Waals surface area contributed by atoms with Crippen LogP contribution in [0.15, 0.2) is 55.1 Å². The minimum absolute atomic E-state index is 0.825. The summed E-state index contributed by atoms with van der Waals surface area (Å²) in [5.74, 6) is 0.862. The molecule has 3 rings (SSSR count). The Labute approximate surface area is 148 Å². The summed E-state index contributed by atoms with van der Waals surface area (Å²) in [6.07, 6.45) is 4.81. The van der Waals surface area contributed by atoms with E-state index in [-0.39, 0.29) is 0 Å². The zero-order valence-electron chi connectivity index (χ0n) is 14.5. The molecule has 2 aromatic rings. The maximum absolute atomic E-state index is 7.44. The molecule has 0 amide bonds. The summed E-state index contributed by atoms with van der Waals surface area (Å²) in [4.78, 5) is 4.57. The Morgan fingerprint density at radius 3 is 2.48 bits per heavy atom. The van der Waals surface area contributed by atoms with Gasteiger partial charge in [-0.25, -0.2) is 0 Å². The topological polar surface area (TPSA) is 56.1 Å². The fourth-order valence-corrected chi connectivity index (χ4v) is 2.96. The van der Waals surface area contributed by atoms with E-state index in [9.17, 15) is 0 Å². The van der Waals surface area contributed by atoms with E-state index in [1.54, 1.807) is 12.2 Å². The number of benzene rings is 1. The molecule has 1 aliphatic heterocycles. The molecule has 1 aromatic carbocycles. The summed E-state index contributed by atoms with van der Waals surface area (Å²) in [6, 6.07) is 12.1. The second kappa shape index (κ2) is 7.85. The Bertz CT molecular complexity index is 774. The highest BCUT2D eigenvalue weighted by atomic mass is 15.3. The SMILES string of the molecule is C=C/C(=C\C=N)c1cc(-c2ccccc2)nnc1N1CCN(C)CC1. The van der Waals surface area contributed by atoms with Gasteiger partial charge in [-0.3, -0.25) is 0 Å². The van der Waals surface area contributed by atoms with Gasteiger partial charge in [-0.15, -0.1) is 10.2 Å². The number of likely N-dealkylation sites (N-methyl/N-ethyl adjacent to an activating group) is 1. The Hall–Kier alpha value is -2.79. The standard InChI is InChI=1S/C20H23N5/c1-3-16(9-10-21)18-15-19(17-7-5-4-6-8-17)22-23-20(18)25-13-11-24(2)12-14-25/h3-10,15,21H,1,11-14H2,2H3/b16-9+,21-10?. The average molecular weight is 333 g/mol. The van der Waals surface area contributed by atoms with Crippen molar-refractivity contribution in [3.05, 3.63) is 60.7 Å². The van der Waals surface area contributed by atoms with Crippen LogP contribution in [-0.2, 0) is 0 Å². The van der Waals surface area contributed by atoms with Gasteiger partial charge in [0.05, 0.1) is 5.69 Å². The summed E-state index contributed by atoms with van der Waals surface area (Å²) in [5.41, 5.74) is 3.71. The fourth-order valence-electron chi connectivity index (χ4n) is 2.96. The van der Waals surface area contributed by atoms with Crippen molar-refractivity contribution in [2.75, 3.05) is 38.1 Å². The highest BCUT2D eigenvalue weighted by molar-refractivity contribution is 5.91. The number of aromatic nitrogens is 2. The quantitative estimate of drug-likeness (QED) is 0.675. The first-order valence-corrected chi connectivity index (χ1v) is 8.43. The van der Waals surface area contributed by atoms with Gasteiger partial charge in [-0.05, 0) is 24.8 Å². The highest BCUT2D eigenvalue weighted by Crippen LogP contribution is 2.29. The molecule has 0 atom stereocenters. The number of hydrogen-bond acceptors (Lipinski definition) is 5. The molecule has 5 heteroatoms. The van der Waals surface area contributed by atoms with Gasteiger partial charge in [0.2, 0.25) is 0 Å². The van der Waals surface area contributed by atoms with E-state index < -0.39 is 0 Å². The van der Waals surface area contributed by atoms with E-state index in [4.69, 9.17) is 5.41 Å². The van der Waals surface area contributed by atoms with Gasteiger partial charge in [0, 0.05) is 43.5 Å². The number of allylic oxidation sites excluding steroid dienone is 3. The monoisotopic (exact) mass is 333 g/mol. The average Bonchev–Trinajstić information content (AvgIpc) is 2.67. The lowest BCUT2D eigenvalue weighted by Gasteiger charge is -2.34. The smallest absolute Gasteiger partial charge is 0.159 e. The number of nitrogens with one attached hydrogen (secondary N) is 1. The van der Waals surface area contributed by atoms with E-state index in [0.717, 1.165) is 54.4 Å². The van der Waals surface area contributed by atoms with Crippen molar-refractivity contribution in [2.24, 2.45) is 0 Å². The Morgan fingerprint density at radius 2 is 1.84 bits per heavy atom. The second-order valence-electron chi connectivity index (χ2n) is 6.12. The van der Waals surface area contributed by atoms with Crippen LogP contribution in [0.25, 0.3) is 16.8 Å². The molecular weight excluding hydrogens is 310 g/mol. The Kier molecular flexibility index (Phi) is 5.36. The molecule has 5 nitrogen and oxygen atoms in total. The molecule has 0 spiro atoms. The van der Waals surface area contributed by atoms with Gasteiger partial charge >= 0.3 is 0 Å².